The molecule has 0 saturated heterocycles. The fourth-order valence-corrected chi connectivity index (χ4v) is 3.04. The van der Waals surface area contributed by atoms with Crippen LogP contribution in [0.2, 0.25) is 0 Å². The first-order valence-corrected chi connectivity index (χ1v) is 8.22. The first kappa shape index (κ1) is 15.2. The highest BCUT2D eigenvalue weighted by Crippen LogP contribution is 2.15. The Balaban J connectivity index is 1.76. The Morgan fingerprint density at radius 3 is 2.65 bits per heavy atom. The number of anilines is 1. The van der Waals surface area contributed by atoms with E-state index in [2.05, 4.69) is 14.8 Å². The van der Waals surface area contributed by atoms with Crippen LogP contribution in [0.15, 0.2) is 66.0 Å². The van der Waals surface area contributed by atoms with Gasteiger partial charge in [0.15, 0.2) is 5.82 Å². The summed E-state index contributed by atoms with van der Waals surface area (Å²) in [5, 5.41) is 4.15. The number of benzene rings is 1. The Labute approximate surface area is 132 Å². The Kier molecular flexibility index (Phi) is 4.07. The molecular weight excluding hydrogens is 319 g/mol. The van der Waals surface area contributed by atoms with E-state index in [9.17, 15) is 12.8 Å². The molecule has 23 heavy (non-hydrogen) atoms. The van der Waals surface area contributed by atoms with E-state index in [0.29, 0.717) is 6.54 Å². The molecule has 0 unspecified atom stereocenters. The van der Waals surface area contributed by atoms with Gasteiger partial charge in [-0.05, 0) is 35.9 Å². The Morgan fingerprint density at radius 2 is 1.91 bits per heavy atom. The summed E-state index contributed by atoms with van der Waals surface area (Å²) in [6.07, 6.45) is 5.00. The van der Waals surface area contributed by atoms with Crippen LogP contribution in [-0.4, -0.2) is 23.2 Å². The van der Waals surface area contributed by atoms with E-state index in [1.54, 1.807) is 23.3 Å². The summed E-state index contributed by atoms with van der Waals surface area (Å²) in [7, 11) is -3.87. The molecule has 6 nitrogen and oxygen atoms in total. The molecule has 0 fully saturated rings. The average Bonchev–Trinajstić information content (AvgIpc) is 2.94. The fourth-order valence-electron chi connectivity index (χ4n) is 2.01. The van der Waals surface area contributed by atoms with Crippen molar-refractivity contribution in [2.24, 2.45) is 0 Å². The molecule has 0 aliphatic heterocycles. The van der Waals surface area contributed by atoms with Crippen LogP contribution < -0.4 is 4.72 Å². The fraction of sp³-hybridized carbons (Fsp3) is 0.0667. The van der Waals surface area contributed by atoms with Gasteiger partial charge in [-0.2, -0.15) is 5.10 Å². The number of hydrogen-bond donors (Lipinski definition) is 1. The second-order valence-corrected chi connectivity index (χ2v) is 6.50. The molecule has 1 aromatic carbocycles. The minimum atomic E-state index is -3.87. The first-order valence-electron chi connectivity index (χ1n) is 6.74. The van der Waals surface area contributed by atoms with Crippen molar-refractivity contribution in [1.82, 2.24) is 14.8 Å². The maximum Gasteiger partial charge on any atom is 0.263 e. The molecule has 2 heterocycles. The third kappa shape index (κ3) is 3.72. The van der Waals surface area contributed by atoms with Gasteiger partial charge >= 0.3 is 0 Å². The molecule has 0 radical (unpaired) electrons. The van der Waals surface area contributed by atoms with Crippen LogP contribution in [0.1, 0.15) is 5.56 Å². The van der Waals surface area contributed by atoms with Gasteiger partial charge in [0, 0.05) is 24.7 Å². The van der Waals surface area contributed by atoms with Crippen molar-refractivity contribution in [2.75, 3.05) is 4.72 Å². The van der Waals surface area contributed by atoms with E-state index >= 15 is 0 Å². The quantitative estimate of drug-likeness (QED) is 0.777. The minimum Gasteiger partial charge on any atom is -0.266 e. The summed E-state index contributed by atoms with van der Waals surface area (Å²) in [5.74, 6) is -0.445. The number of sulfonamides is 1. The second kappa shape index (κ2) is 6.17. The zero-order valence-electron chi connectivity index (χ0n) is 11.9. The summed E-state index contributed by atoms with van der Waals surface area (Å²) in [6, 6.07) is 10.0. The first-order chi connectivity index (χ1) is 11.0. The monoisotopic (exact) mass is 332 g/mol. The van der Waals surface area contributed by atoms with Crippen molar-refractivity contribution < 1.29 is 12.8 Å². The smallest absolute Gasteiger partial charge is 0.263 e. The number of nitrogens with one attached hydrogen (secondary N) is 1. The van der Waals surface area contributed by atoms with Gasteiger partial charge in [0.1, 0.15) is 5.82 Å². The molecule has 0 bridgehead atoms. The van der Waals surface area contributed by atoms with Crippen molar-refractivity contribution in [3.63, 3.8) is 0 Å². The van der Waals surface area contributed by atoms with Crippen LogP contribution in [-0.2, 0) is 16.6 Å². The number of aromatic nitrogens is 3. The van der Waals surface area contributed by atoms with Crippen molar-refractivity contribution in [1.29, 1.82) is 0 Å². The number of pyridine rings is 1. The average molecular weight is 332 g/mol. The van der Waals surface area contributed by atoms with Gasteiger partial charge in [0.05, 0.1) is 11.4 Å². The number of rotatable bonds is 5. The van der Waals surface area contributed by atoms with E-state index in [1.807, 2.05) is 12.1 Å². The summed E-state index contributed by atoms with van der Waals surface area (Å²) < 4.78 is 41.5. The largest absolute Gasteiger partial charge is 0.266 e. The number of nitrogens with zero attached hydrogens (tertiary/aromatic N) is 3. The van der Waals surface area contributed by atoms with Gasteiger partial charge < -0.3 is 0 Å². The van der Waals surface area contributed by atoms with Crippen LogP contribution >= 0.6 is 0 Å². The normalized spacial score (nSPS) is 11.3. The lowest BCUT2D eigenvalue weighted by molar-refractivity contribution is 0.595. The minimum absolute atomic E-state index is 0.152. The molecule has 3 rings (SSSR count). The van der Waals surface area contributed by atoms with Gasteiger partial charge in [-0.25, -0.2) is 12.8 Å². The third-order valence-corrected chi connectivity index (χ3v) is 4.43. The highest BCUT2D eigenvalue weighted by molar-refractivity contribution is 7.92. The highest BCUT2D eigenvalue weighted by Gasteiger charge is 2.16. The van der Waals surface area contributed by atoms with Crippen LogP contribution in [0.4, 0.5) is 10.2 Å². The van der Waals surface area contributed by atoms with E-state index in [4.69, 9.17) is 0 Å². The van der Waals surface area contributed by atoms with Crippen molar-refractivity contribution in [3.8, 4) is 0 Å². The van der Waals surface area contributed by atoms with Crippen LogP contribution in [0.25, 0.3) is 0 Å². The lowest BCUT2D eigenvalue weighted by Gasteiger charge is -2.05. The molecule has 0 aliphatic rings. The molecule has 118 valence electrons. The number of hydrogen-bond acceptors (Lipinski definition) is 4. The van der Waals surface area contributed by atoms with Gasteiger partial charge in [0.25, 0.3) is 10.0 Å². The zero-order chi connectivity index (χ0) is 16.3. The Bertz CT molecular complexity index is 910. The molecule has 0 spiro atoms. The second-order valence-electron chi connectivity index (χ2n) is 4.82. The van der Waals surface area contributed by atoms with Crippen molar-refractivity contribution in [2.45, 2.75) is 11.4 Å². The van der Waals surface area contributed by atoms with Crippen LogP contribution in [0, 0.1) is 5.82 Å². The molecule has 8 heteroatoms. The lowest BCUT2D eigenvalue weighted by atomic mass is 10.3. The van der Waals surface area contributed by atoms with E-state index < -0.39 is 15.8 Å². The predicted octanol–water partition coefficient (Wildman–Crippen LogP) is 2.27. The SMILES string of the molecule is O=S(=O)(Nc1ccn(Cc2ccncc2)n1)c1cccc(F)c1. The lowest BCUT2D eigenvalue weighted by Crippen LogP contribution is -2.14. The summed E-state index contributed by atoms with van der Waals surface area (Å²) >= 11 is 0. The van der Waals surface area contributed by atoms with E-state index in [1.165, 1.54) is 24.3 Å². The van der Waals surface area contributed by atoms with Crippen molar-refractivity contribution in [3.05, 3.63) is 72.4 Å². The molecular formula is C15H13FN4O2S. The Hall–Kier alpha value is -2.74. The standard InChI is InChI=1S/C15H13FN4O2S/c16-13-2-1-3-14(10-13)23(21,22)19-15-6-9-20(18-15)11-12-4-7-17-8-5-12/h1-10H,11H2,(H,18,19). The maximum absolute atomic E-state index is 13.2. The van der Waals surface area contributed by atoms with Crippen molar-refractivity contribution >= 4 is 15.8 Å². The summed E-state index contributed by atoms with van der Waals surface area (Å²) in [4.78, 5) is 3.78. The molecule has 0 amide bonds. The van der Waals surface area contributed by atoms with Gasteiger partial charge in [-0.15, -0.1) is 0 Å². The predicted molar refractivity (Wildman–Crippen MR) is 82.8 cm³/mol. The zero-order valence-corrected chi connectivity index (χ0v) is 12.7. The van der Waals surface area contributed by atoms with Gasteiger partial charge in [0.2, 0.25) is 0 Å². The maximum atomic E-state index is 13.2. The molecule has 0 saturated carbocycles. The molecule has 2 aromatic heterocycles. The summed E-state index contributed by atoms with van der Waals surface area (Å²) in [5.41, 5.74) is 0.989. The van der Waals surface area contributed by atoms with E-state index in [-0.39, 0.29) is 10.7 Å². The van der Waals surface area contributed by atoms with Crippen LogP contribution in [0.5, 0.6) is 0 Å². The third-order valence-electron chi connectivity index (χ3n) is 3.08. The molecule has 0 atom stereocenters. The topological polar surface area (TPSA) is 76.9 Å². The van der Waals surface area contributed by atoms with Crippen LogP contribution in [0.3, 0.4) is 0 Å². The molecule has 3 aromatic rings. The summed E-state index contributed by atoms with van der Waals surface area (Å²) in [6.45, 7) is 0.490. The van der Waals surface area contributed by atoms with E-state index in [0.717, 1.165) is 11.6 Å². The van der Waals surface area contributed by atoms with Gasteiger partial charge in [-0.3, -0.25) is 14.4 Å². The van der Waals surface area contributed by atoms with Gasteiger partial charge in [-0.1, -0.05) is 6.07 Å². The Morgan fingerprint density at radius 1 is 1.13 bits per heavy atom. The molecule has 1 N–H and O–H groups in total. The highest BCUT2D eigenvalue weighted by atomic mass is 32.2. The number of halogens is 1. The molecule has 0 aliphatic carbocycles.